The molecule has 5 nitrogen and oxygen atoms in total. The first-order valence-electron chi connectivity index (χ1n) is 5.16. The first-order valence-corrected chi connectivity index (χ1v) is 5.16. The van der Waals surface area contributed by atoms with Gasteiger partial charge in [0.25, 0.3) is 0 Å². The Morgan fingerprint density at radius 2 is 1.88 bits per heavy atom. The van der Waals surface area contributed by atoms with Crippen LogP contribution in [0.2, 0.25) is 0 Å². The van der Waals surface area contributed by atoms with Crippen LogP contribution in [0.4, 0.5) is 0 Å². The van der Waals surface area contributed by atoms with Gasteiger partial charge in [-0.25, -0.2) is 0 Å². The highest BCUT2D eigenvalue weighted by atomic mass is 16.5. The Morgan fingerprint density at radius 1 is 1.24 bits per heavy atom. The van der Waals surface area contributed by atoms with Crippen molar-refractivity contribution >= 4 is 0 Å². The molecule has 2 atom stereocenters. The van der Waals surface area contributed by atoms with E-state index in [1.54, 1.807) is 37.4 Å². The van der Waals surface area contributed by atoms with Gasteiger partial charge < -0.3 is 19.7 Å². The number of methoxy groups -OCH3 is 1. The van der Waals surface area contributed by atoms with Crippen molar-refractivity contribution in [2.75, 3.05) is 20.3 Å². The molecule has 2 N–H and O–H groups in total. The highest BCUT2D eigenvalue weighted by molar-refractivity contribution is 5.29. The minimum atomic E-state index is -1.42. The largest absolute Gasteiger partial charge is 0.491 e. The lowest BCUT2D eigenvalue weighted by Crippen LogP contribution is -2.15. The summed E-state index contributed by atoms with van der Waals surface area (Å²) in [4.78, 5) is 0. The van der Waals surface area contributed by atoms with Crippen LogP contribution >= 0.6 is 0 Å². The van der Waals surface area contributed by atoms with Gasteiger partial charge in [0, 0.05) is 7.11 Å². The second-order valence-electron chi connectivity index (χ2n) is 3.43. The molecule has 0 aromatic heterocycles. The van der Waals surface area contributed by atoms with E-state index in [4.69, 9.17) is 19.8 Å². The number of nitriles is 1. The fourth-order valence-corrected chi connectivity index (χ4v) is 1.26. The van der Waals surface area contributed by atoms with E-state index in [2.05, 4.69) is 0 Å². The van der Waals surface area contributed by atoms with Gasteiger partial charge in [-0.05, 0) is 17.7 Å². The SMILES string of the molecule is COCCOc1ccc(C(O)C(O)C#N)cc1. The van der Waals surface area contributed by atoms with E-state index < -0.39 is 12.2 Å². The summed E-state index contributed by atoms with van der Waals surface area (Å²) >= 11 is 0. The second kappa shape index (κ2) is 6.86. The van der Waals surface area contributed by atoms with Crippen LogP contribution in [-0.2, 0) is 4.74 Å². The van der Waals surface area contributed by atoms with E-state index in [1.165, 1.54) is 0 Å². The fourth-order valence-electron chi connectivity index (χ4n) is 1.26. The third kappa shape index (κ3) is 4.04. The Morgan fingerprint density at radius 3 is 2.41 bits per heavy atom. The number of hydrogen-bond donors (Lipinski definition) is 2. The Hall–Kier alpha value is -1.61. The number of ether oxygens (including phenoxy) is 2. The molecule has 0 saturated carbocycles. The van der Waals surface area contributed by atoms with Crippen LogP contribution in [-0.4, -0.2) is 36.6 Å². The van der Waals surface area contributed by atoms with Gasteiger partial charge in [-0.2, -0.15) is 5.26 Å². The van der Waals surface area contributed by atoms with Crippen molar-refractivity contribution in [2.45, 2.75) is 12.2 Å². The zero-order chi connectivity index (χ0) is 12.7. The van der Waals surface area contributed by atoms with E-state index in [9.17, 15) is 5.11 Å². The molecule has 0 bridgehead atoms. The van der Waals surface area contributed by atoms with Crippen LogP contribution in [0.5, 0.6) is 5.75 Å². The lowest BCUT2D eigenvalue weighted by Gasteiger charge is -2.12. The minimum Gasteiger partial charge on any atom is -0.491 e. The van der Waals surface area contributed by atoms with Gasteiger partial charge in [-0.15, -0.1) is 0 Å². The Labute approximate surface area is 99.8 Å². The molecular weight excluding hydrogens is 222 g/mol. The Bertz CT molecular complexity index is 371. The maximum atomic E-state index is 9.56. The van der Waals surface area contributed by atoms with Crippen molar-refractivity contribution in [2.24, 2.45) is 0 Å². The molecule has 92 valence electrons. The fraction of sp³-hybridized carbons (Fsp3) is 0.417. The number of nitrogens with zero attached hydrogens (tertiary/aromatic N) is 1. The van der Waals surface area contributed by atoms with Crippen LogP contribution < -0.4 is 4.74 Å². The maximum Gasteiger partial charge on any atom is 0.170 e. The van der Waals surface area contributed by atoms with Crippen molar-refractivity contribution in [1.29, 1.82) is 5.26 Å². The number of hydrogen-bond acceptors (Lipinski definition) is 5. The number of rotatable bonds is 6. The van der Waals surface area contributed by atoms with Crippen LogP contribution in [0.25, 0.3) is 0 Å². The molecule has 0 aliphatic heterocycles. The molecule has 0 aliphatic carbocycles. The minimum absolute atomic E-state index is 0.444. The molecular formula is C12H15NO4. The summed E-state index contributed by atoms with van der Waals surface area (Å²) < 4.78 is 10.2. The predicted octanol–water partition coefficient (Wildman–Crippen LogP) is 0.630. The summed E-state index contributed by atoms with van der Waals surface area (Å²) in [7, 11) is 1.59. The molecule has 0 aliphatic rings. The number of aliphatic hydroxyl groups excluding tert-OH is 2. The smallest absolute Gasteiger partial charge is 0.170 e. The summed E-state index contributed by atoms with van der Waals surface area (Å²) in [5.74, 6) is 0.643. The average Bonchev–Trinajstić information content (AvgIpc) is 2.38. The number of benzene rings is 1. The standard InChI is InChI=1S/C12H15NO4/c1-16-6-7-17-10-4-2-9(3-5-10)12(15)11(14)8-13/h2-5,11-12,14-15H,6-7H2,1H3. The van der Waals surface area contributed by atoms with E-state index in [-0.39, 0.29) is 0 Å². The normalized spacial score (nSPS) is 13.8. The predicted molar refractivity (Wildman–Crippen MR) is 60.4 cm³/mol. The molecule has 5 heteroatoms. The molecule has 1 aromatic rings. The molecule has 0 amide bonds. The topological polar surface area (TPSA) is 82.7 Å². The third-order valence-corrected chi connectivity index (χ3v) is 2.21. The van der Waals surface area contributed by atoms with Gasteiger partial charge in [0.15, 0.2) is 6.10 Å². The molecule has 0 spiro atoms. The van der Waals surface area contributed by atoms with Crippen molar-refractivity contribution in [3.05, 3.63) is 29.8 Å². The maximum absolute atomic E-state index is 9.56. The van der Waals surface area contributed by atoms with Gasteiger partial charge in [-0.3, -0.25) is 0 Å². The first-order chi connectivity index (χ1) is 8.19. The van der Waals surface area contributed by atoms with Crippen molar-refractivity contribution in [3.8, 4) is 11.8 Å². The van der Waals surface area contributed by atoms with Gasteiger partial charge >= 0.3 is 0 Å². The van der Waals surface area contributed by atoms with Crippen molar-refractivity contribution in [1.82, 2.24) is 0 Å². The molecule has 17 heavy (non-hydrogen) atoms. The van der Waals surface area contributed by atoms with Crippen LogP contribution in [0.3, 0.4) is 0 Å². The van der Waals surface area contributed by atoms with Crippen LogP contribution in [0.15, 0.2) is 24.3 Å². The zero-order valence-corrected chi connectivity index (χ0v) is 9.54. The number of aliphatic hydroxyl groups is 2. The summed E-state index contributed by atoms with van der Waals surface area (Å²) in [5.41, 5.74) is 0.471. The highest BCUT2D eigenvalue weighted by Crippen LogP contribution is 2.20. The van der Waals surface area contributed by atoms with Gasteiger partial charge in [0.05, 0.1) is 12.7 Å². The third-order valence-electron chi connectivity index (χ3n) is 2.21. The van der Waals surface area contributed by atoms with Crippen molar-refractivity contribution < 1.29 is 19.7 Å². The van der Waals surface area contributed by atoms with Crippen LogP contribution in [0.1, 0.15) is 11.7 Å². The molecule has 1 rings (SSSR count). The van der Waals surface area contributed by atoms with E-state index in [0.29, 0.717) is 24.5 Å². The quantitative estimate of drug-likeness (QED) is 0.560. The lowest BCUT2D eigenvalue weighted by atomic mass is 10.1. The monoisotopic (exact) mass is 237 g/mol. The summed E-state index contributed by atoms with van der Waals surface area (Å²) in [6.45, 7) is 0.941. The van der Waals surface area contributed by atoms with E-state index in [1.807, 2.05) is 0 Å². The molecule has 0 radical (unpaired) electrons. The Balaban J connectivity index is 2.59. The molecule has 1 aromatic carbocycles. The molecule has 0 fully saturated rings. The van der Waals surface area contributed by atoms with E-state index >= 15 is 0 Å². The second-order valence-corrected chi connectivity index (χ2v) is 3.43. The van der Waals surface area contributed by atoms with Gasteiger partial charge in [-0.1, -0.05) is 12.1 Å². The van der Waals surface area contributed by atoms with Crippen LogP contribution in [0, 0.1) is 11.3 Å². The van der Waals surface area contributed by atoms with Gasteiger partial charge in [0.2, 0.25) is 0 Å². The highest BCUT2D eigenvalue weighted by Gasteiger charge is 2.17. The molecule has 2 unspecified atom stereocenters. The Kier molecular flexibility index (Phi) is 5.43. The summed E-state index contributed by atoms with van der Waals surface area (Å²) in [5, 5.41) is 27.2. The first kappa shape index (κ1) is 13.5. The van der Waals surface area contributed by atoms with E-state index in [0.717, 1.165) is 0 Å². The zero-order valence-electron chi connectivity index (χ0n) is 9.54. The summed E-state index contributed by atoms with van der Waals surface area (Å²) in [6, 6.07) is 8.12. The van der Waals surface area contributed by atoms with Crippen molar-refractivity contribution in [3.63, 3.8) is 0 Å². The van der Waals surface area contributed by atoms with Gasteiger partial charge in [0.1, 0.15) is 18.5 Å². The molecule has 0 heterocycles. The molecule has 0 saturated heterocycles. The lowest BCUT2D eigenvalue weighted by molar-refractivity contribution is 0.0527. The average molecular weight is 237 g/mol. The summed E-state index contributed by atoms with van der Waals surface area (Å²) in [6.07, 6.45) is -2.62.